The summed E-state index contributed by atoms with van der Waals surface area (Å²) in [7, 11) is 0. The number of amides is 1. The number of carboxylic acid groups (broad SMARTS) is 1. The molecule has 0 unspecified atom stereocenters. The Hall–Kier alpha value is -1.32. The van der Waals surface area contributed by atoms with Crippen molar-refractivity contribution in [2.45, 2.75) is 31.2 Å². The van der Waals surface area contributed by atoms with Gasteiger partial charge in [-0.1, -0.05) is 5.16 Å². The van der Waals surface area contributed by atoms with Gasteiger partial charge in [-0.05, 0) is 15.9 Å². The normalized spacial score (nSPS) is 20.9. The van der Waals surface area contributed by atoms with Crippen molar-refractivity contribution in [3.63, 3.8) is 0 Å². The van der Waals surface area contributed by atoms with Gasteiger partial charge in [0.2, 0.25) is 0 Å². The Balaban J connectivity index is 2.56. The number of aliphatic carboxylic acids is 1. The minimum atomic E-state index is -5.12. The minimum Gasteiger partial charge on any atom is -0.480 e. The number of hydrogen-bond donors (Lipinski definition) is 2. The topological polar surface area (TPSA) is 88.0 Å². The van der Waals surface area contributed by atoms with Gasteiger partial charge in [0.15, 0.2) is 0 Å². The quantitative estimate of drug-likeness (QED) is 0.804. The third kappa shape index (κ3) is 4.17. The predicted molar refractivity (Wildman–Crippen MR) is 56.1 cm³/mol. The largest absolute Gasteiger partial charge is 0.480 e. The van der Waals surface area contributed by atoms with Crippen LogP contribution >= 0.6 is 15.9 Å². The lowest BCUT2D eigenvalue weighted by atomic mass is 10.1. The van der Waals surface area contributed by atoms with Crippen molar-refractivity contribution in [1.82, 2.24) is 5.32 Å². The average Bonchev–Trinajstić information content (AvgIpc) is 2.61. The Bertz CT molecular complexity index is 385. The van der Waals surface area contributed by atoms with E-state index >= 15 is 0 Å². The Labute approximate surface area is 107 Å². The van der Waals surface area contributed by atoms with Crippen molar-refractivity contribution in [3.8, 4) is 0 Å². The highest BCUT2D eigenvalue weighted by Crippen LogP contribution is 2.20. The first-order valence-corrected chi connectivity index (χ1v) is 5.48. The third-order valence-electron chi connectivity index (χ3n) is 2.06. The fourth-order valence-corrected chi connectivity index (χ4v) is 1.69. The van der Waals surface area contributed by atoms with Crippen molar-refractivity contribution < 1.29 is 32.7 Å². The van der Waals surface area contributed by atoms with Crippen molar-refractivity contribution in [1.29, 1.82) is 0 Å². The molecule has 0 bridgehead atoms. The fraction of sp³-hybridized carbons (Fsp3) is 0.625. The number of oxime groups is 1. The molecule has 1 aliphatic rings. The smallest absolute Gasteiger partial charge is 0.471 e. The number of alkyl halides is 3. The summed E-state index contributed by atoms with van der Waals surface area (Å²) in [5, 5.41) is 13.6. The molecule has 0 aliphatic carbocycles. The van der Waals surface area contributed by atoms with Crippen LogP contribution in [0.25, 0.3) is 0 Å². The molecule has 0 aromatic rings. The number of carbonyl (C=O) groups excluding carboxylic acids is 1. The lowest BCUT2D eigenvalue weighted by Crippen LogP contribution is -2.48. The summed E-state index contributed by atoms with van der Waals surface area (Å²) in [6.07, 6.45) is -5.88. The number of carboxylic acids is 1. The van der Waals surface area contributed by atoms with E-state index in [1.165, 1.54) is 5.32 Å². The molecule has 18 heavy (non-hydrogen) atoms. The van der Waals surface area contributed by atoms with Crippen LogP contribution in [0.4, 0.5) is 13.2 Å². The van der Waals surface area contributed by atoms with E-state index in [2.05, 4.69) is 21.1 Å². The van der Waals surface area contributed by atoms with Gasteiger partial charge in [0.1, 0.15) is 16.8 Å². The molecule has 1 aliphatic heterocycles. The maximum absolute atomic E-state index is 12.0. The van der Waals surface area contributed by atoms with E-state index in [1.54, 1.807) is 0 Å². The number of nitrogens with zero attached hydrogens (tertiary/aromatic N) is 1. The summed E-state index contributed by atoms with van der Waals surface area (Å²) < 4.78 is 36.4. The molecular formula is C8H8BrF3N2O4. The number of rotatable bonds is 4. The van der Waals surface area contributed by atoms with Gasteiger partial charge in [0, 0.05) is 12.8 Å². The molecule has 1 amide bonds. The molecule has 0 radical (unpaired) electrons. The predicted octanol–water partition coefficient (Wildman–Crippen LogP) is 1.01. The lowest BCUT2D eigenvalue weighted by molar-refractivity contribution is -0.175. The SMILES string of the molecule is O=C(O)[C@@H](C[C@H]1CC(Br)=NO1)NC(=O)C(F)(F)F. The zero-order valence-electron chi connectivity index (χ0n) is 8.70. The number of nitrogens with one attached hydrogen (secondary N) is 1. The highest BCUT2D eigenvalue weighted by molar-refractivity contribution is 9.18. The van der Waals surface area contributed by atoms with Gasteiger partial charge >= 0.3 is 18.1 Å². The van der Waals surface area contributed by atoms with Gasteiger partial charge in [-0.3, -0.25) is 4.79 Å². The molecule has 1 heterocycles. The molecule has 0 saturated carbocycles. The van der Waals surface area contributed by atoms with Crippen LogP contribution in [0.15, 0.2) is 5.16 Å². The van der Waals surface area contributed by atoms with Crippen LogP contribution in [-0.4, -0.2) is 39.9 Å². The van der Waals surface area contributed by atoms with Crippen LogP contribution in [0, 0.1) is 0 Å². The molecular weight excluding hydrogens is 325 g/mol. The molecule has 0 aromatic heterocycles. The van der Waals surface area contributed by atoms with E-state index in [9.17, 15) is 22.8 Å². The van der Waals surface area contributed by atoms with Gasteiger partial charge in [-0.2, -0.15) is 13.2 Å². The van der Waals surface area contributed by atoms with Crippen LogP contribution in [0.2, 0.25) is 0 Å². The zero-order chi connectivity index (χ0) is 13.9. The zero-order valence-corrected chi connectivity index (χ0v) is 10.3. The first-order valence-electron chi connectivity index (χ1n) is 4.69. The molecule has 0 fully saturated rings. The summed E-state index contributed by atoms with van der Waals surface area (Å²) in [4.78, 5) is 26.1. The Kier molecular flexibility index (Phi) is 4.54. The average molecular weight is 333 g/mol. The van der Waals surface area contributed by atoms with Crippen LogP contribution < -0.4 is 5.32 Å². The molecule has 0 saturated heterocycles. The van der Waals surface area contributed by atoms with Gasteiger partial charge in [0.05, 0.1) is 0 Å². The third-order valence-corrected chi connectivity index (χ3v) is 2.52. The molecule has 2 N–H and O–H groups in total. The van der Waals surface area contributed by atoms with Crippen LogP contribution in [0.3, 0.4) is 0 Å². The summed E-state index contributed by atoms with van der Waals surface area (Å²) in [6.45, 7) is 0. The van der Waals surface area contributed by atoms with Crippen molar-refractivity contribution in [3.05, 3.63) is 0 Å². The summed E-state index contributed by atoms with van der Waals surface area (Å²) in [5.41, 5.74) is 0. The molecule has 0 spiro atoms. The van der Waals surface area contributed by atoms with Crippen molar-refractivity contribution >= 4 is 32.4 Å². The van der Waals surface area contributed by atoms with Gasteiger partial charge in [0.25, 0.3) is 0 Å². The second-order valence-corrected chi connectivity index (χ2v) is 4.41. The summed E-state index contributed by atoms with van der Waals surface area (Å²) in [6, 6.07) is -1.68. The molecule has 10 heteroatoms. The number of carbonyl (C=O) groups is 2. The number of halogens is 4. The highest BCUT2D eigenvalue weighted by atomic mass is 79.9. The fourth-order valence-electron chi connectivity index (χ4n) is 1.24. The van der Waals surface area contributed by atoms with Gasteiger partial charge in [-0.25, -0.2) is 4.79 Å². The molecule has 102 valence electrons. The van der Waals surface area contributed by atoms with Crippen LogP contribution in [-0.2, 0) is 14.4 Å². The van der Waals surface area contributed by atoms with E-state index in [0.717, 1.165) is 0 Å². The molecule has 1 rings (SSSR count). The Morgan fingerprint density at radius 2 is 2.22 bits per heavy atom. The lowest BCUT2D eigenvalue weighted by Gasteiger charge is -2.17. The minimum absolute atomic E-state index is 0.242. The first kappa shape index (κ1) is 14.7. The Morgan fingerprint density at radius 3 is 2.61 bits per heavy atom. The standard InChI is InChI=1S/C8H8BrF3N2O4/c9-5-2-3(18-14-5)1-4(6(15)16)13-7(17)8(10,11)12/h3-4H,1-2H2,(H,13,17)(H,15,16)/t3-,4+/m0/s1. The van der Waals surface area contributed by atoms with E-state index < -0.39 is 30.2 Å². The highest BCUT2D eigenvalue weighted by Gasteiger charge is 2.41. The molecule has 0 aromatic carbocycles. The Morgan fingerprint density at radius 1 is 1.61 bits per heavy atom. The second-order valence-electron chi connectivity index (χ2n) is 3.50. The van der Waals surface area contributed by atoms with Crippen molar-refractivity contribution in [2.75, 3.05) is 0 Å². The van der Waals surface area contributed by atoms with E-state index in [0.29, 0.717) is 4.62 Å². The van der Waals surface area contributed by atoms with Gasteiger partial charge < -0.3 is 15.3 Å². The maximum atomic E-state index is 12.0. The van der Waals surface area contributed by atoms with Gasteiger partial charge in [-0.15, -0.1) is 0 Å². The van der Waals surface area contributed by atoms with E-state index in [1.807, 2.05) is 0 Å². The molecule has 6 nitrogen and oxygen atoms in total. The monoisotopic (exact) mass is 332 g/mol. The molecule has 2 atom stereocenters. The van der Waals surface area contributed by atoms with Crippen LogP contribution in [0.1, 0.15) is 12.8 Å². The van der Waals surface area contributed by atoms with E-state index in [-0.39, 0.29) is 12.8 Å². The van der Waals surface area contributed by atoms with E-state index in [4.69, 9.17) is 9.94 Å². The second kappa shape index (κ2) is 5.55. The summed E-state index contributed by atoms with van der Waals surface area (Å²) in [5.74, 6) is -3.87. The summed E-state index contributed by atoms with van der Waals surface area (Å²) >= 11 is 3.00. The van der Waals surface area contributed by atoms with Crippen LogP contribution in [0.5, 0.6) is 0 Å². The maximum Gasteiger partial charge on any atom is 0.471 e. The first-order chi connectivity index (χ1) is 8.20. The number of hydrogen-bond acceptors (Lipinski definition) is 4. The van der Waals surface area contributed by atoms with Crippen molar-refractivity contribution in [2.24, 2.45) is 5.16 Å².